The zero-order valence-electron chi connectivity index (χ0n) is 10.5. The highest BCUT2D eigenvalue weighted by molar-refractivity contribution is 5.89. The van der Waals surface area contributed by atoms with Crippen LogP contribution in [0, 0.1) is 5.92 Å². The van der Waals surface area contributed by atoms with Crippen molar-refractivity contribution >= 4 is 11.8 Å². The van der Waals surface area contributed by atoms with Gasteiger partial charge in [0.25, 0.3) is 0 Å². The molecule has 2 amide bonds. The van der Waals surface area contributed by atoms with Crippen LogP contribution in [0.5, 0.6) is 0 Å². The van der Waals surface area contributed by atoms with Crippen LogP contribution in [-0.4, -0.2) is 73.5 Å². The molecule has 0 bridgehead atoms. The zero-order valence-corrected chi connectivity index (χ0v) is 10.5. The Morgan fingerprint density at radius 2 is 1.94 bits per heavy atom. The highest BCUT2D eigenvalue weighted by Gasteiger charge is 2.39. The molecule has 0 spiro atoms. The van der Waals surface area contributed by atoms with Gasteiger partial charge in [-0.2, -0.15) is 0 Å². The lowest BCUT2D eigenvalue weighted by Crippen LogP contribution is -2.64. The van der Waals surface area contributed by atoms with Crippen LogP contribution >= 0.6 is 0 Å². The molecule has 2 N–H and O–H groups in total. The summed E-state index contributed by atoms with van der Waals surface area (Å²) in [7, 11) is 0. The monoisotopic (exact) mass is 252 g/mol. The number of nitrogens with one attached hydrogen (secondary N) is 2. The van der Waals surface area contributed by atoms with Gasteiger partial charge in [-0.1, -0.05) is 0 Å². The number of hydrogen-bond acceptors (Lipinski definition) is 4. The van der Waals surface area contributed by atoms with Gasteiger partial charge >= 0.3 is 0 Å². The maximum absolute atomic E-state index is 12.1. The van der Waals surface area contributed by atoms with E-state index in [0.29, 0.717) is 19.0 Å². The normalized spacial score (nSPS) is 30.1. The second kappa shape index (κ2) is 4.85. The number of carbonyl (C=O) groups excluding carboxylic acids is 2. The standard InChI is InChI=1S/C12H20N4O2/c17-11-5-9(6-14-11)12(18)16-7-10(8-16)15-3-1-13-2-4-15/h9-10,13H,1-8H2,(H,14,17). The van der Waals surface area contributed by atoms with Gasteiger partial charge in [-0.05, 0) is 0 Å². The third-order valence-electron chi connectivity index (χ3n) is 4.17. The third kappa shape index (κ3) is 2.22. The van der Waals surface area contributed by atoms with Gasteiger partial charge in [-0.3, -0.25) is 14.5 Å². The van der Waals surface area contributed by atoms with Crippen LogP contribution in [0.3, 0.4) is 0 Å². The fraction of sp³-hybridized carbons (Fsp3) is 0.833. The van der Waals surface area contributed by atoms with E-state index in [0.717, 1.165) is 39.3 Å². The maximum Gasteiger partial charge on any atom is 0.228 e. The first-order valence-corrected chi connectivity index (χ1v) is 6.74. The third-order valence-corrected chi connectivity index (χ3v) is 4.17. The van der Waals surface area contributed by atoms with Crippen molar-refractivity contribution in [3.8, 4) is 0 Å². The molecule has 3 rings (SSSR count). The van der Waals surface area contributed by atoms with Gasteiger partial charge in [0.05, 0.1) is 5.92 Å². The zero-order chi connectivity index (χ0) is 12.5. The lowest BCUT2D eigenvalue weighted by atomic mass is 10.0. The summed E-state index contributed by atoms with van der Waals surface area (Å²) < 4.78 is 0. The van der Waals surface area contributed by atoms with Crippen LogP contribution in [0.4, 0.5) is 0 Å². The molecule has 3 saturated heterocycles. The summed E-state index contributed by atoms with van der Waals surface area (Å²) in [5.74, 6) is 0.0359. The molecule has 6 heteroatoms. The van der Waals surface area contributed by atoms with Gasteiger partial charge in [0.15, 0.2) is 0 Å². The second-order valence-electron chi connectivity index (χ2n) is 5.39. The largest absolute Gasteiger partial charge is 0.355 e. The van der Waals surface area contributed by atoms with E-state index in [1.165, 1.54) is 0 Å². The first-order chi connectivity index (χ1) is 8.74. The summed E-state index contributed by atoms with van der Waals surface area (Å²) >= 11 is 0. The predicted molar refractivity (Wildman–Crippen MR) is 65.9 cm³/mol. The molecule has 0 aromatic carbocycles. The second-order valence-corrected chi connectivity index (χ2v) is 5.39. The SMILES string of the molecule is O=C1CC(C(=O)N2CC(N3CCNCC3)C2)CN1. The Hall–Kier alpha value is -1.14. The molecular weight excluding hydrogens is 232 g/mol. The van der Waals surface area contributed by atoms with Crippen molar-refractivity contribution in [2.45, 2.75) is 12.5 Å². The van der Waals surface area contributed by atoms with Gasteiger partial charge in [-0.25, -0.2) is 0 Å². The summed E-state index contributed by atoms with van der Waals surface area (Å²) in [5, 5.41) is 6.06. The van der Waals surface area contributed by atoms with Crippen molar-refractivity contribution in [3.63, 3.8) is 0 Å². The highest BCUT2D eigenvalue weighted by atomic mass is 16.2. The predicted octanol–water partition coefficient (Wildman–Crippen LogP) is -1.76. The van der Waals surface area contributed by atoms with Crippen LogP contribution in [0.2, 0.25) is 0 Å². The molecule has 6 nitrogen and oxygen atoms in total. The molecule has 3 fully saturated rings. The Bertz CT molecular complexity index is 348. The van der Waals surface area contributed by atoms with Crippen LogP contribution in [-0.2, 0) is 9.59 Å². The number of hydrogen-bond donors (Lipinski definition) is 2. The van der Waals surface area contributed by atoms with Crippen molar-refractivity contribution in [2.75, 3.05) is 45.8 Å². The minimum Gasteiger partial charge on any atom is -0.355 e. The molecular formula is C12H20N4O2. The molecule has 3 aliphatic heterocycles. The molecule has 0 aliphatic carbocycles. The Morgan fingerprint density at radius 3 is 2.56 bits per heavy atom. The molecule has 0 aromatic heterocycles. The summed E-state index contributed by atoms with van der Waals surface area (Å²) in [6, 6.07) is 0.529. The number of piperazine rings is 1. The summed E-state index contributed by atoms with van der Waals surface area (Å²) in [6.45, 7) is 6.45. The Labute approximate surface area is 107 Å². The fourth-order valence-corrected chi connectivity index (χ4v) is 2.95. The molecule has 0 aromatic rings. The lowest BCUT2D eigenvalue weighted by Gasteiger charge is -2.47. The molecule has 3 heterocycles. The maximum atomic E-state index is 12.1. The van der Waals surface area contributed by atoms with Gasteiger partial charge in [0, 0.05) is 58.3 Å². The summed E-state index contributed by atoms with van der Waals surface area (Å²) in [4.78, 5) is 27.6. The van der Waals surface area contributed by atoms with E-state index < -0.39 is 0 Å². The highest BCUT2D eigenvalue weighted by Crippen LogP contribution is 2.20. The molecule has 0 radical (unpaired) electrons. The Balaban J connectivity index is 1.46. The van der Waals surface area contributed by atoms with Gasteiger partial charge in [0.2, 0.25) is 11.8 Å². The van der Waals surface area contributed by atoms with Gasteiger partial charge < -0.3 is 15.5 Å². The first-order valence-electron chi connectivity index (χ1n) is 6.74. The minimum atomic E-state index is -0.124. The van der Waals surface area contributed by atoms with E-state index in [2.05, 4.69) is 15.5 Å². The van der Waals surface area contributed by atoms with Crippen molar-refractivity contribution in [3.05, 3.63) is 0 Å². The van der Waals surface area contributed by atoms with Crippen molar-refractivity contribution < 1.29 is 9.59 Å². The average Bonchev–Trinajstić information content (AvgIpc) is 2.75. The van der Waals surface area contributed by atoms with Crippen molar-refractivity contribution in [1.29, 1.82) is 0 Å². The van der Waals surface area contributed by atoms with E-state index in [-0.39, 0.29) is 17.7 Å². The van der Waals surface area contributed by atoms with Crippen LogP contribution in [0.1, 0.15) is 6.42 Å². The number of amides is 2. The minimum absolute atomic E-state index is 0.00697. The molecule has 3 aliphatic rings. The fourth-order valence-electron chi connectivity index (χ4n) is 2.95. The van der Waals surface area contributed by atoms with Gasteiger partial charge in [0.1, 0.15) is 0 Å². The van der Waals surface area contributed by atoms with Crippen molar-refractivity contribution in [2.24, 2.45) is 5.92 Å². The lowest BCUT2D eigenvalue weighted by molar-refractivity contribution is -0.143. The molecule has 1 unspecified atom stereocenters. The average molecular weight is 252 g/mol. The van der Waals surface area contributed by atoms with E-state index in [4.69, 9.17) is 0 Å². The first kappa shape index (κ1) is 11.9. The van der Waals surface area contributed by atoms with Crippen LogP contribution in [0.15, 0.2) is 0 Å². The van der Waals surface area contributed by atoms with Gasteiger partial charge in [-0.15, -0.1) is 0 Å². The number of nitrogens with zero attached hydrogens (tertiary/aromatic N) is 2. The molecule has 1 atom stereocenters. The molecule has 100 valence electrons. The quantitative estimate of drug-likeness (QED) is 0.611. The topological polar surface area (TPSA) is 64.7 Å². The van der Waals surface area contributed by atoms with Crippen molar-refractivity contribution in [1.82, 2.24) is 20.4 Å². The molecule has 0 saturated carbocycles. The van der Waals surface area contributed by atoms with E-state index in [1.807, 2.05) is 4.90 Å². The number of likely N-dealkylation sites (tertiary alicyclic amines) is 1. The van der Waals surface area contributed by atoms with Crippen LogP contribution < -0.4 is 10.6 Å². The van der Waals surface area contributed by atoms with E-state index in [9.17, 15) is 9.59 Å². The summed E-state index contributed by atoms with van der Waals surface area (Å²) in [6.07, 6.45) is 0.369. The van der Waals surface area contributed by atoms with Crippen LogP contribution in [0.25, 0.3) is 0 Å². The summed E-state index contributed by atoms with van der Waals surface area (Å²) in [5.41, 5.74) is 0. The Morgan fingerprint density at radius 1 is 1.22 bits per heavy atom. The van der Waals surface area contributed by atoms with E-state index in [1.54, 1.807) is 0 Å². The number of rotatable bonds is 2. The number of carbonyl (C=O) groups is 2. The van der Waals surface area contributed by atoms with E-state index >= 15 is 0 Å². The molecule has 18 heavy (non-hydrogen) atoms. The smallest absolute Gasteiger partial charge is 0.228 e. The Kier molecular flexibility index (Phi) is 3.22.